The number of rotatable bonds is 5. The van der Waals surface area contributed by atoms with Crippen LogP contribution in [0, 0.1) is 0 Å². The van der Waals surface area contributed by atoms with Crippen LogP contribution in [0.25, 0.3) is 0 Å². The number of aromatic nitrogens is 1. The summed E-state index contributed by atoms with van der Waals surface area (Å²) >= 11 is 0. The van der Waals surface area contributed by atoms with Crippen LogP contribution in [0.15, 0.2) is 23.4 Å². The Hall–Kier alpha value is -1.14. The zero-order valence-corrected chi connectivity index (χ0v) is 10.5. The number of hydrogen-bond acceptors (Lipinski definition) is 4. The minimum atomic E-state index is -3.49. The van der Waals surface area contributed by atoms with Crippen molar-refractivity contribution in [3.63, 3.8) is 0 Å². The molecule has 5 nitrogen and oxygen atoms in total. The largest absolute Gasteiger partial charge is 0.384 e. The van der Waals surface area contributed by atoms with E-state index in [0.717, 1.165) is 0 Å². The fourth-order valence-corrected chi connectivity index (χ4v) is 2.68. The number of hydrogen-bond donors (Lipinski definition) is 2. The van der Waals surface area contributed by atoms with Gasteiger partial charge >= 0.3 is 0 Å². The molecular weight excluding hydrogens is 226 g/mol. The smallest absolute Gasteiger partial charge is 0.244 e. The highest BCUT2D eigenvalue weighted by Gasteiger charge is 2.19. The number of anilines is 1. The van der Waals surface area contributed by atoms with Crippen molar-refractivity contribution >= 4 is 15.7 Å². The molecule has 90 valence electrons. The van der Waals surface area contributed by atoms with Gasteiger partial charge in [0.15, 0.2) is 0 Å². The molecule has 2 N–H and O–H groups in total. The van der Waals surface area contributed by atoms with Gasteiger partial charge in [0.05, 0.1) is 5.69 Å². The lowest BCUT2D eigenvalue weighted by atomic mass is 10.4. The maximum Gasteiger partial charge on any atom is 0.244 e. The van der Waals surface area contributed by atoms with Gasteiger partial charge in [-0.2, -0.15) is 0 Å². The first-order valence-corrected chi connectivity index (χ1v) is 6.66. The Kier molecular flexibility index (Phi) is 4.26. The third-order valence-electron chi connectivity index (χ3n) is 1.83. The Bertz CT molecular complexity index is 443. The van der Waals surface area contributed by atoms with E-state index in [1.54, 1.807) is 26.1 Å². The summed E-state index contributed by atoms with van der Waals surface area (Å²) in [5, 5.41) is 3.00. The van der Waals surface area contributed by atoms with Crippen LogP contribution < -0.4 is 10.0 Å². The first-order valence-electron chi connectivity index (χ1n) is 5.17. The lowest BCUT2D eigenvalue weighted by molar-refractivity contribution is 0.570. The molecular formula is C10H17N3O2S. The van der Waals surface area contributed by atoms with Crippen molar-refractivity contribution in [3.8, 4) is 0 Å². The Morgan fingerprint density at radius 2 is 2.12 bits per heavy atom. The second-order valence-electron chi connectivity index (χ2n) is 3.68. The van der Waals surface area contributed by atoms with Crippen molar-refractivity contribution in [2.24, 2.45) is 0 Å². The van der Waals surface area contributed by atoms with Gasteiger partial charge < -0.3 is 5.32 Å². The molecule has 0 bridgehead atoms. The van der Waals surface area contributed by atoms with Crippen LogP contribution in [0.2, 0.25) is 0 Å². The van der Waals surface area contributed by atoms with Gasteiger partial charge in [0.1, 0.15) is 4.90 Å². The summed E-state index contributed by atoms with van der Waals surface area (Å²) in [6.45, 7) is 6.13. The third kappa shape index (κ3) is 3.18. The number of sulfonamides is 1. The Morgan fingerprint density at radius 3 is 2.69 bits per heavy atom. The molecule has 0 aromatic carbocycles. The maximum absolute atomic E-state index is 11.9. The highest BCUT2D eigenvalue weighted by Crippen LogP contribution is 2.19. The molecule has 1 rings (SSSR count). The van der Waals surface area contributed by atoms with E-state index in [1.165, 1.54) is 6.20 Å². The van der Waals surface area contributed by atoms with Crippen molar-refractivity contribution in [2.45, 2.75) is 31.7 Å². The van der Waals surface area contributed by atoms with E-state index in [4.69, 9.17) is 0 Å². The van der Waals surface area contributed by atoms with Gasteiger partial charge in [-0.3, -0.25) is 4.98 Å². The standard InChI is InChI=1S/C10H17N3O2S/c1-4-12-9-5-6-11-7-10(9)16(14,15)13-8(2)3/h5-8,13H,4H2,1-3H3,(H,11,12). The summed E-state index contributed by atoms with van der Waals surface area (Å²) in [4.78, 5) is 4.03. The van der Waals surface area contributed by atoms with Gasteiger partial charge in [-0.05, 0) is 26.8 Å². The Labute approximate surface area is 96.3 Å². The van der Waals surface area contributed by atoms with Gasteiger partial charge in [-0.25, -0.2) is 13.1 Å². The molecule has 0 unspecified atom stereocenters. The number of pyridine rings is 1. The van der Waals surface area contributed by atoms with Gasteiger partial charge in [-0.1, -0.05) is 0 Å². The normalized spacial score (nSPS) is 11.8. The molecule has 1 aromatic heterocycles. The number of nitrogens with zero attached hydrogens (tertiary/aromatic N) is 1. The predicted octanol–water partition coefficient (Wildman–Crippen LogP) is 1.20. The number of nitrogens with one attached hydrogen (secondary N) is 2. The zero-order valence-electron chi connectivity index (χ0n) is 9.69. The van der Waals surface area contributed by atoms with Gasteiger partial charge in [0.25, 0.3) is 0 Å². The average molecular weight is 243 g/mol. The molecule has 1 heterocycles. The first-order chi connectivity index (χ1) is 7.47. The minimum Gasteiger partial charge on any atom is -0.384 e. The lowest BCUT2D eigenvalue weighted by Crippen LogP contribution is -2.30. The fourth-order valence-electron chi connectivity index (χ4n) is 1.30. The SMILES string of the molecule is CCNc1ccncc1S(=O)(=O)NC(C)C. The van der Waals surface area contributed by atoms with Gasteiger partial charge in [0.2, 0.25) is 10.0 Å². The summed E-state index contributed by atoms with van der Waals surface area (Å²) in [6, 6.07) is 1.51. The van der Waals surface area contributed by atoms with E-state index in [0.29, 0.717) is 12.2 Å². The first kappa shape index (κ1) is 12.9. The molecule has 0 aliphatic carbocycles. The zero-order chi connectivity index (χ0) is 12.2. The predicted molar refractivity (Wildman–Crippen MR) is 63.9 cm³/mol. The summed E-state index contributed by atoms with van der Waals surface area (Å²) in [5.74, 6) is 0. The fraction of sp³-hybridized carbons (Fsp3) is 0.500. The second-order valence-corrected chi connectivity index (χ2v) is 5.36. The second kappa shape index (κ2) is 5.27. The van der Waals surface area contributed by atoms with E-state index in [2.05, 4.69) is 15.0 Å². The minimum absolute atomic E-state index is 0.139. The molecule has 1 aromatic rings. The molecule has 0 radical (unpaired) electrons. The summed E-state index contributed by atoms with van der Waals surface area (Å²) < 4.78 is 26.4. The molecule has 0 amide bonds. The van der Waals surface area contributed by atoms with Crippen LogP contribution >= 0.6 is 0 Å². The monoisotopic (exact) mass is 243 g/mol. The summed E-state index contributed by atoms with van der Waals surface area (Å²) in [7, 11) is -3.49. The van der Waals surface area contributed by atoms with E-state index in [-0.39, 0.29) is 10.9 Å². The van der Waals surface area contributed by atoms with Crippen LogP contribution in [0.3, 0.4) is 0 Å². The molecule has 0 aliphatic heterocycles. The van der Waals surface area contributed by atoms with Crippen molar-refractivity contribution in [1.82, 2.24) is 9.71 Å². The maximum atomic E-state index is 11.9. The van der Waals surface area contributed by atoms with Crippen molar-refractivity contribution in [1.29, 1.82) is 0 Å². The quantitative estimate of drug-likeness (QED) is 0.815. The average Bonchev–Trinajstić information content (AvgIpc) is 2.17. The molecule has 6 heteroatoms. The summed E-state index contributed by atoms with van der Waals surface area (Å²) in [6.07, 6.45) is 2.91. The van der Waals surface area contributed by atoms with Crippen LogP contribution in [-0.2, 0) is 10.0 Å². The van der Waals surface area contributed by atoms with Crippen molar-refractivity contribution in [2.75, 3.05) is 11.9 Å². The van der Waals surface area contributed by atoms with E-state index < -0.39 is 10.0 Å². The molecule has 0 atom stereocenters. The Morgan fingerprint density at radius 1 is 1.44 bits per heavy atom. The summed E-state index contributed by atoms with van der Waals surface area (Å²) in [5.41, 5.74) is 0.575. The van der Waals surface area contributed by atoms with Crippen LogP contribution in [0.5, 0.6) is 0 Å². The molecule has 0 saturated carbocycles. The molecule has 0 spiro atoms. The highest BCUT2D eigenvalue weighted by atomic mass is 32.2. The Balaban J connectivity index is 3.11. The van der Waals surface area contributed by atoms with Crippen LogP contribution in [-0.4, -0.2) is 26.0 Å². The molecule has 0 aliphatic rings. The van der Waals surface area contributed by atoms with Crippen molar-refractivity contribution < 1.29 is 8.42 Å². The lowest BCUT2D eigenvalue weighted by Gasteiger charge is -2.13. The topological polar surface area (TPSA) is 71.1 Å². The van der Waals surface area contributed by atoms with E-state index >= 15 is 0 Å². The van der Waals surface area contributed by atoms with Crippen LogP contribution in [0.1, 0.15) is 20.8 Å². The van der Waals surface area contributed by atoms with Gasteiger partial charge in [0, 0.05) is 25.0 Å². The third-order valence-corrected chi connectivity index (χ3v) is 3.52. The van der Waals surface area contributed by atoms with E-state index in [1.807, 2.05) is 6.92 Å². The molecule has 0 fully saturated rings. The van der Waals surface area contributed by atoms with Crippen LogP contribution in [0.4, 0.5) is 5.69 Å². The molecule has 0 saturated heterocycles. The van der Waals surface area contributed by atoms with E-state index in [9.17, 15) is 8.42 Å². The molecule has 16 heavy (non-hydrogen) atoms. The van der Waals surface area contributed by atoms with Gasteiger partial charge in [-0.15, -0.1) is 0 Å². The van der Waals surface area contributed by atoms with Crippen molar-refractivity contribution in [3.05, 3.63) is 18.5 Å². The highest BCUT2D eigenvalue weighted by molar-refractivity contribution is 7.89.